The lowest BCUT2D eigenvalue weighted by Gasteiger charge is -2.24. The molecule has 1 aliphatic heterocycles. The molecule has 0 aromatic heterocycles. The molecule has 0 aliphatic carbocycles. The first-order chi connectivity index (χ1) is 13.0. The number of amides is 1. The molecule has 0 spiro atoms. The number of aliphatic hydroxyl groups excluding tert-OH is 1. The number of ketones is 1. The third-order valence-corrected chi connectivity index (χ3v) is 4.92. The van der Waals surface area contributed by atoms with Crippen LogP contribution in [0.25, 0.3) is 5.76 Å². The van der Waals surface area contributed by atoms with E-state index in [4.69, 9.17) is 4.74 Å². The Balaban J connectivity index is 2.20. The van der Waals surface area contributed by atoms with Crippen molar-refractivity contribution in [2.24, 2.45) is 0 Å². The largest absolute Gasteiger partial charge is 0.507 e. The van der Waals surface area contributed by atoms with E-state index in [1.165, 1.54) is 4.90 Å². The quantitative estimate of drug-likeness (QED) is 0.338. The summed E-state index contributed by atoms with van der Waals surface area (Å²) in [5.41, 5.74) is 1.19. The van der Waals surface area contributed by atoms with E-state index in [1.54, 1.807) is 61.7 Å². The van der Waals surface area contributed by atoms with Gasteiger partial charge in [-0.05, 0) is 29.8 Å². The van der Waals surface area contributed by atoms with Crippen LogP contribution in [0.15, 0.2) is 71.2 Å². The fraction of sp³-hybridized carbons (Fsp3) is 0.143. The molecule has 0 bridgehead atoms. The summed E-state index contributed by atoms with van der Waals surface area (Å²) in [6.07, 6.45) is 1.55. The van der Waals surface area contributed by atoms with Crippen LogP contribution in [-0.4, -0.2) is 35.4 Å². The molecule has 1 fully saturated rings. The Morgan fingerprint density at radius 2 is 1.96 bits per heavy atom. The molecule has 1 amide bonds. The van der Waals surface area contributed by atoms with Gasteiger partial charge in [0.25, 0.3) is 11.7 Å². The van der Waals surface area contributed by atoms with Crippen molar-refractivity contribution < 1.29 is 19.4 Å². The maximum absolute atomic E-state index is 12.7. The number of ether oxygens (including phenoxy) is 1. The van der Waals surface area contributed by atoms with Crippen LogP contribution < -0.4 is 4.74 Å². The molecule has 0 saturated carbocycles. The van der Waals surface area contributed by atoms with Crippen molar-refractivity contribution >= 4 is 33.4 Å². The zero-order valence-electron chi connectivity index (χ0n) is 14.7. The maximum Gasteiger partial charge on any atom is 0.295 e. The molecule has 2 aromatic rings. The zero-order chi connectivity index (χ0) is 19.6. The summed E-state index contributed by atoms with van der Waals surface area (Å²) in [7, 11) is 1.54. The van der Waals surface area contributed by atoms with Gasteiger partial charge in [-0.1, -0.05) is 46.3 Å². The SMILES string of the molecule is C=CCN1C(=O)C(=O)/C(=C(/O)c2ccc(Br)cc2)C1c1cccc(OC)c1. The van der Waals surface area contributed by atoms with Crippen molar-refractivity contribution in [1.82, 2.24) is 4.90 Å². The van der Waals surface area contributed by atoms with Gasteiger partial charge in [0.05, 0.1) is 18.7 Å². The first-order valence-electron chi connectivity index (χ1n) is 8.27. The van der Waals surface area contributed by atoms with Gasteiger partial charge in [0.1, 0.15) is 11.5 Å². The number of rotatable bonds is 5. The second kappa shape index (κ2) is 7.80. The number of benzene rings is 2. The number of aliphatic hydroxyl groups is 1. The fourth-order valence-electron chi connectivity index (χ4n) is 3.13. The van der Waals surface area contributed by atoms with Crippen molar-refractivity contribution in [3.63, 3.8) is 0 Å². The van der Waals surface area contributed by atoms with Gasteiger partial charge in [0.15, 0.2) is 0 Å². The maximum atomic E-state index is 12.7. The normalized spacial score (nSPS) is 18.6. The minimum absolute atomic E-state index is 0.0532. The van der Waals surface area contributed by atoms with Gasteiger partial charge < -0.3 is 14.7 Å². The first-order valence-corrected chi connectivity index (χ1v) is 9.06. The lowest BCUT2D eigenvalue weighted by molar-refractivity contribution is -0.139. The summed E-state index contributed by atoms with van der Waals surface area (Å²) in [5, 5.41) is 10.9. The summed E-state index contributed by atoms with van der Waals surface area (Å²) in [6.45, 7) is 3.85. The van der Waals surface area contributed by atoms with E-state index in [0.29, 0.717) is 16.9 Å². The summed E-state index contributed by atoms with van der Waals surface area (Å²) in [6, 6.07) is 13.3. The lowest BCUT2D eigenvalue weighted by atomic mass is 9.95. The van der Waals surface area contributed by atoms with Crippen LogP contribution in [0.3, 0.4) is 0 Å². The second-order valence-electron chi connectivity index (χ2n) is 6.02. The number of nitrogens with zero attached hydrogens (tertiary/aromatic N) is 1. The lowest BCUT2D eigenvalue weighted by Crippen LogP contribution is -2.29. The van der Waals surface area contributed by atoms with Crippen LogP contribution >= 0.6 is 15.9 Å². The summed E-state index contributed by atoms with van der Waals surface area (Å²) < 4.78 is 6.11. The highest BCUT2D eigenvalue weighted by Crippen LogP contribution is 2.40. The minimum atomic E-state index is -0.721. The van der Waals surface area contributed by atoms with E-state index in [9.17, 15) is 14.7 Å². The second-order valence-corrected chi connectivity index (χ2v) is 6.94. The highest BCUT2D eigenvalue weighted by atomic mass is 79.9. The van der Waals surface area contributed by atoms with Gasteiger partial charge >= 0.3 is 0 Å². The van der Waals surface area contributed by atoms with Crippen LogP contribution in [0.2, 0.25) is 0 Å². The highest BCUT2D eigenvalue weighted by molar-refractivity contribution is 9.10. The predicted octanol–water partition coefficient (Wildman–Crippen LogP) is 4.07. The number of hydrogen-bond donors (Lipinski definition) is 1. The van der Waals surface area contributed by atoms with Crippen molar-refractivity contribution in [2.75, 3.05) is 13.7 Å². The highest BCUT2D eigenvalue weighted by Gasteiger charge is 2.45. The Morgan fingerprint density at radius 3 is 2.59 bits per heavy atom. The number of carbonyl (C=O) groups excluding carboxylic acids is 2. The molecular weight excluding hydrogens is 410 g/mol. The van der Waals surface area contributed by atoms with Crippen LogP contribution in [0, 0.1) is 0 Å². The van der Waals surface area contributed by atoms with Gasteiger partial charge in [0, 0.05) is 16.6 Å². The Bertz CT molecular complexity index is 933. The number of likely N-dealkylation sites (tertiary alicyclic amines) is 1. The average Bonchev–Trinajstić information content (AvgIpc) is 2.93. The first kappa shape index (κ1) is 18.9. The van der Waals surface area contributed by atoms with Gasteiger partial charge in [0.2, 0.25) is 0 Å². The smallest absolute Gasteiger partial charge is 0.295 e. The van der Waals surface area contributed by atoms with E-state index in [0.717, 1.165) is 4.47 Å². The predicted molar refractivity (Wildman–Crippen MR) is 106 cm³/mol. The third kappa shape index (κ3) is 3.53. The Kier molecular flexibility index (Phi) is 5.46. The monoisotopic (exact) mass is 427 g/mol. The molecular formula is C21H18BrNO4. The van der Waals surface area contributed by atoms with E-state index in [-0.39, 0.29) is 17.9 Å². The van der Waals surface area contributed by atoms with Crippen molar-refractivity contribution in [1.29, 1.82) is 0 Å². The molecule has 0 radical (unpaired) electrons. The molecule has 1 saturated heterocycles. The minimum Gasteiger partial charge on any atom is -0.507 e. The molecule has 1 N–H and O–H groups in total. The average molecular weight is 428 g/mol. The van der Waals surface area contributed by atoms with E-state index in [1.807, 2.05) is 0 Å². The topological polar surface area (TPSA) is 66.8 Å². The molecule has 1 heterocycles. The third-order valence-electron chi connectivity index (χ3n) is 4.39. The molecule has 6 heteroatoms. The van der Waals surface area contributed by atoms with Gasteiger partial charge in [-0.2, -0.15) is 0 Å². The number of hydrogen-bond acceptors (Lipinski definition) is 4. The van der Waals surface area contributed by atoms with Crippen molar-refractivity contribution in [2.45, 2.75) is 6.04 Å². The number of Topliss-reactive ketones (excluding diaryl/α,β-unsaturated/α-hetero) is 1. The number of halogens is 1. The van der Waals surface area contributed by atoms with Crippen LogP contribution in [0.1, 0.15) is 17.2 Å². The molecule has 2 aromatic carbocycles. The standard InChI is InChI=1S/C21H18BrNO4/c1-3-11-23-18(14-5-4-6-16(12-14)27-2)17(20(25)21(23)26)19(24)13-7-9-15(22)10-8-13/h3-10,12,18,24H,1,11H2,2H3/b19-17+. The van der Waals surface area contributed by atoms with E-state index >= 15 is 0 Å². The van der Waals surface area contributed by atoms with Crippen LogP contribution in [-0.2, 0) is 9.59 Å². The molecule has 138 valence electrons. The van der Waals surface area contributed by atoms with Crippen molar-refractivity contribution in [3.05, 3.63) is 82.4 Å². The molecule has 1 unspecified atom stereocenters. The Labute approximate surface area is 165 Å². The van der Waals surface area contributed by atoms with Gasteiger partial charge in [-0.25, -0.2) is 0 Å². The molecule has 27 heavy (non-hydrogen) atoms. The fourth-order valence-corrected chi connectivity index (χ4v) is 3.39. The van der Waals surface area contributed by atoms with Gasteiger partial charge in [-0.15, -0.1) is 6.58 Å². The van der Waals surface area contributed by atoms with Gasteiger partial charge in [-0.3, -0.25) is 9.59 Å². The van der Waals surface area contributed by atoms with Crippen molar-refractivity contribution in [3.8, 4) is 5.75 Å². The number of carbonyl (C=O) groups is 2. The Morgan fingerprint density at radius 1 is 1.26 bits per heavy atom. The van der Waals surface area contributed by atoms with E-state index in [2.05, 4.69) is 22.5 Å². The Hall–Kier alpha value is -2.86. The van der Waals surface area contributed by atoms with E-state index < -0.39 is 17.7 Å². The summed E-state index contributed by atoms with van der Waals surface area (Å²) in [4.78, 5) is 26.7. The molecule has 3 rings (SSSR count). The summed E-state index contributed by atoms with van der Waals surface area (Å²) >= 11 is 3.34. The van der Waals surface area contributed by atoms with Crippen LogP contribution in [0.4, 0.5) is 0 Å². The molecule has 1 atom stereocenters. The molecule has 5 nitrogen and oxygen atoms in total. The van der Waals surface area contributed by atoms with Crippen LogP contribution in [0.5, 0.6) is 5.75 Å². The molecule has 1 aliphatic rings. The summed E-state index contributed by atoms with van der Waals surface area (Å²) in [5.74, 6) is -0.993. The zero-order valence-corrected chi connectivity index (χ0v) is 16.3. The number of methoxy groups -OCH3 is 1.